The summed E-state index contributed by atoms with van der Waals surface area (Å²) < 4.78 is 38.7. The molecule has 1 aromatic heterocycles. The molecule has 1 aliphatic rings. The highest BCUT2D eigenvalue weighted by Crippen LogP contribution is 2.31. The molecular formula is C20H24F3N3O. The minimum Gasteiger partial charge on any atom is -0.297 e. The number of alkyl halides is 3. The largest absolute Gasteiger partial charge is 0.416 e. The number of carbonyl (C=O) groups is 1. The topological polar surface area (TPSA) is 49.0 Å². The molecule has 27 heavy (non-hydrogen) atoms. The zero-order valence-corrected chi connectivity index (χ0v) is 15.5. The van der Waals surface area contributed by atoms with Crippen LogP contribution in [0.3, 0.4) is 0 Å². The molecule has 0 aliphatic carbocycles. The van der Waals surface area contributed by atoms with Crippen molar-refractivity contribution in [3.63, 3.8) is 0 Å². The number of aromatic nitrogens is 2. The van der Waals surface area contributed by atoms with E-state index in [0.29, 0.717) is 25.4 Å². The molecule has 1 aromatic carbocycles. The molecule has 2 aromatic rings. The van der Waals surface area contributed by atoms with Crippen LogP contribution in [0.5, 0.6) is 0 Å². The van der Waals surface area contributed by atoms with E-state index in [1.165, 1.54) is 12.1 Å². The zero-order chi connectivity index (χ0) is 19.6. The maximum atomic E-state index is 12.9. The van der Waals surface area contributed by atoms with Gasteiger partial charge in [0.05, 0.1) is 11.3 Å². The van der Waals surface area contributed by atoms with E-state index in [1.54, 1.807) is 0 Å². The third-order valence-corrected chi connectivity index (χ3v) is 4.99. The van der Waals surface area contributed by atoms with Crippen LogP contribution >= 0.6 is 0 Å². The first-order valence-electron chi connectivity index (χ1n) is 9.22. The van der Waals surface area contributed by atoms with E-state index in [4.69, 9.17) is 0 Å². The normalized spacial score (nSPS) is 18.8. The van der Waals surface area contributed by atoms with Gasteiger partial charge in [-0.25, -0.2) is 0 Å². The fraction of sp³-hybridized carbons (Fsp3) is 0.500. The van der Waals surface area contributed by atoms with Crippen molar-refractivity contribution in [2.24, 2.45) is 5.92 Å². The average Bonchev–Trinajstić information content (AvgIpc) is 3.09. The Morgan fingerprint density at radius 1 is 1.33 bits per heavy atom. The molecule has 7 heteroatoms. The second kappa shape index (κ2) is 7.84. The molecule has 1 N–H and O–H groups in total. The van der Waals surface area contributed by atoms with Gasteiger partial charge in [-0.1, -0.05) is 26.0 Å². The van der Waals surface area contributed by atoms with Gasteiger partial charge in [0, 0.05) is 30.3 Å². The Hall–Kier alpha value is -2.15. The molecule has 0 radical (unpaired) electrons. The summed E-state index contributed by atoms with van der Waals surface area (Å²) in [5.74, 6) is -0.153. The molecule has 1 fully saturated rings. The maximum Gasteiger partial charge on any atom is 0.416 e. The van der Waals surface area contributed by atoms with Crippen molar-refractivity contribution >= 4 is 5.78 Å². The highest BCUT2D eigenvalue weighted by Gasteiger charge is 2.32. The number of likely N-dealkylation sites (tertiary alicyclic amines) is 1. The number of ketones is 1. The Bertz CT molecular complexity index is 798. The van der Waals surface area contributed by atoms with Gasteiger partial charge in [-0.15, -0.1) is 0 Å². The molecule has 1 saturated heterocycles. The van der Waals surface area contributed by atoms with Crippen molar-refractivity contribution in [1.29, 1.82) is 0 Å². The SMILES string of the molecule is CC(C)c1cc(CN2CCC[C@@H](C(=O)c3cccc(C(F)(F)F)c3)C2)[nH]n1. The third-order valence-electron chi connectivity index (χ3n) is 4.99. The summed E-state index contributed by atoms with van der Waals surface area (Å²) in [7, 11) is 0. The number of hydrogen-bond donors (Lipinski definition) is 1. The minimum atomic E-state index is -4.44. The number of hydrogen-bond acceptors (Lipinski definition) is 3. The fourth-order valence-corrected chi connectivity index (χ4v) is 3.49. The average molecular weight is 379 g/mol. The van der Waals surface area contributed by atoms with Gasteiger partial charge in [-0.2, -0.15) is 18.3 Å². The van der Waals surface area contributed by atoms with Crippen LogP contribution in [0.2, 0.25) is 0 Å². The Morgan fingerprint density at radius 3 is 2.78 bits per heavy atom. The van der Waals surface area contributed by atoms with Crippen LogP contribution in [0.4, 0.5) is 13.2 Å². The summed E-state index contributed by atoms with van der Waals surface area (Å²) >= 11 is 0. The first kappa shape index (κ1) is 19.6. The second-order valence-corrected chi connectivity index (χ2v) is 7.49. The summed E-state index contributed by atoms with van der Waals surface area (Å²) in [6, 6.07) is 6.76. The van der Waals surface area contributed by atoms with Gasteiger partial charge >= 0.3 is 6.18 Å². The quantitative estimate of drug-likeness (QED) is 0.770. The lowest BCUT2D eigenvalue weighted by molar-refractivity contribution is -0.137. The van der Waals surface area contributed by atoms with Crippen LogP contribution < -0.4 is 0 Å². The number of halogens is 3. The van der Waals surface area contributed by atoms with Crippen LogP contribution in [0.15, 0.2) is 30.3 Å². The minimum absolute atomic E-state index is 0.139. The van der Waals surface area contributed by atoms with Crippen LogP contribution in [0, 0.1) is 5.92 Å². The standard InChI is InChI=1S/C20H24F3N3O/c1-13(2)18-10-17(24-25-18)12-26-8-4-6-15(11-26)19(27)14-5-3-7-16(9-14)20(21,22)23/h3,5,7,9-10,13,15H,4,6,8,11-12H2,1-2H3,(H,24,25)/t15-/m1/s1. The highest BCUT2D eigenvalue weighted by molar-refractivity contribution is 5.98. The van der Waals surface area contributed by atoms with E-state index in [0.717, 1.165) is 36.5 Å². The second-order valence-electron chi connectivity index (χ2n) is 7.49. The lowest BCUT2D eigenvalue weighted by atomic mass is 9.89. The Labute approximate surface area is 156 Å². The van der Waals surface area contributed by atoms with E-state index in [-0.39, 0.29) is 17.3 Å². The number of piperidine rings is 1. The van der Waals surface area contributed by atoms with E-state index >= 15 is 0 Å². The molecule has 1 atom stereocenters. The first-order chi connectivity index (χ1) is 12.7. The first-order valence-corrected chi connectivity index (χ1v) is 9.22. The van der Waals surface area contributed by atoms with E-state index < -0.39 is 11.7 Å². The van der Waals surface area contributed by atoms with Crippen molar-refractivity contribution in [2.75, 3.05) is 13.1 Å². The van der Waals surface area contributed by atoms with Gasteiger partial charge < -0.3 is 0 Å². The van der Waals surface area contributed by atoms with Crippen molar-refractivity contribution in [1.82, 2.24) is 15.1 Å². The Kier molecular flexibility index (Phi) is 5.69. The predicted octanol–water partition coefficient (Wildman–Crippen LogP) is 4.65. The van der Waals surface area contributed by atoms with Crippen molar-refractivity contribution in [2.45, 2.75) is 45.3 Å². The van der Waals surface area contributed by atoms with Gasteiger partial charge in [0.2, 0.25) is 0 Å². The molecule has 4 nitrogen and oxygen atoms in total. The predicted molar refractivity (Wildman–Crippen MR) is 96.5 cm³/mol. The summed E-state index contributed by atoms with van der Waals surface area (Å²) in [5, 5.41) is 7.32. The van der Waals surface area contributed by atoms with E-state index in [9.17, 15) is 18.0 Å². The molecule has 0 amide bonds. The highest BCUT2D eigenvalue weighted by atomic mass is 19.4. The molecular weight excluding hydrogens is 355 g/mol. The van der Waals surface area contributed by atoms with Crippen LogP contribution in [-0.4, -0.2) is 34.0 Å². The van der Waals surface area contributed by atoms with Crippen molar-refractivity contribution in [3.05, 3.63) is 52.8 Å². The van der Waals surface area contributed by atoms with Gasteiger partial charge in [0.15, 0.2) is 5.78 Å². The third kappa shape index (κ3) is 4.77. The maximum absolute atomic E-state index is 12.9. The number of rotatable bonds is 5. The summed E-state index contributed by atoms with van der Waals surface area (Å²) in [5.41, 5.74) is 1.35. The molecule has 3 rings (SSSR count). The van der Waals surface area contributed by atoms with E-state index in [2.05, 4.69) is 28.9 Å². The zero-order valence-electron chi connectivity index (χ0n) is 15.5. The Morgan fingerprint density at radius 2 is 2.11 bits per heavy atom. The van der Waals surface area contributed by atoms with E-state index in [1.807, 2.05) is 6.07 Å². The molecule has 146 valence electrons. The van der Waals surface area contributed by atoms with Crippen LogP contribution in [0.1, 0.15) is 59.9 Å². The summed E-state index contributed by atoms with van der Waals surface area (Å²) in [6.45, 7) is 6.22. The summed E-state index contributed by atoms with van der Waals surface area (Å²) in [6.07, 6.45) is -2.89. The molecule has 0 saturated carbocycles. The van der Waals surface area contributed by atoms with Gasteiger partial charge in [-0.05, 0) is 43.5 Å². The van der Waals surface area contributed by atoms with Gasteiger partial charge in [0.1, 0.15) is 0 Å². The molecule has 0 spiro atoms. The smallest absolute Gasteiger partial charge is 0.297 e. The van der Waals surface area contributed by atoms with Crippen LogP contribution in [0.25, 0.3) is 0 Å². The Balaban J connectivity index is 1.67. The lowest BCUT2D eigenvalue weighted by Crippen LogP contribution is -2.38. The number of nitrogens with one attached hydrogen (secondary N) is 1. The number of nitrogens with zero attached hydrogens (tertiary/aromatic N) is 2. The molecule has 0 bridgehead atoms. The molecule has 0 unspecified atom stereocenters. The van der Waals surface area contributed by atoms with Crippen LogP contribution in [-0.2, 0) is 12.7 Å². The monoisotopic (exact) mass is 379 g/mol. The molecule has 1 aliphatic heterocycles. The van der Waals surface area contributed by atoms with Gasteiger partial charge in [-0.3, -0.25) is 14.8 Å². The van der Waals surface area contributed by atoms with Crippen molar-refractivity contribution in [3.8, 4) is 0 Å². The summed E-state index contributed by atoms with van der Waals surface area (Å²) in [4.78, 5) is 14.9. The molecule has 2 heterocycles. The van der Waals surface area contributed by atoms with Gasteiger partial charge in [0.25, 0.3) is 0 Å². The number of carbonyl (C=O) groups excluding carboxylic acids is 1. The number of H-pyrrole nitrogens is 1. The number of aromatic amines is 1. The van der Waals surface area contributed by atoms with Crippen molar-refractivity contribution < 1.29 is 18.0 Å². The number of benzene rings is 1. The fourth-order valence-electron chi connectivity index (χ4n) is 3.49. The number of Topliss-reactive ketones (excluding diaryl/α,β-unsaturated/α-hetero) is 1. The lowest BCUT2D eigenvalue weighted by Gasteiger charge is -2.31.